The van der Waals surface area contributed by atoms with Crippen LogP contribution in [-0.2, 0) is 6.42 Å². The molecule has 0 bridgehead atoms. The summed E-state index contributed by atoms with van der Waals surface area (Å²) in [6.45, 7) is 8.38. The molecule has 0 aliphatic rings. The second kappa shape index (κ2) is 14.4. The molecule has 9 heteroatoms. The van der Waals surface area contributed by atoms with E-state index in [9.17, 15) is 5.21 Å². The lowest BCUT2D eigenvalue weighted by molar-refractivity contribution is -0.726. The Morgan fingerprint density at radius 3 is 2.24 bits per heavy atom. The highest BCUT2D eigenvalue weighted by molar-refractivity contribution is 7.12. The molecule has 0 aliphatic heterocycles. The fraction of sp³-hybridized carbons (Fsp3) is 0.429. The third-order valence-electron chi connectivity index (χ3n) is 5.85. The molecule has 200 valence electrons. The van der Waals surface area contributed by atoms with Crippen molar-refractivity contribution in [3.8, 4) is 22.8 Å². The van der Waals surface area contributed by atoms with Gasteiger partial charge in [-0.25, -0.2) is 4.98 Å². The maximum absolute atomic E-state index is 11.0. The van der Waals surface area contributed by atoms with Crippen LogP contribution in [0.2, 0.25) is 0 Å². The summed E-state index contributed by atoms with van der Waals surface area (Å²) in [5.74, 6) is 1.02. The number of nitrogens with zero attached hydrogens (tertiary/aromatic N) is 2. The van der Waals surface area contributed by atoms with Gasteiger partial charge in [-0.15, -0.1) is 11.3 Å². The van der Waals surface area contributed by atoms with Gasteiger partial charge in [0.2, 0.25) is 6.29 Å². The highest BCUT2D eigenvalue weighted by atomic mass is 32.1. The summed E-state index contributed by atoms with van der Waals surface area (Å²) in [4.78, 5) is 5.73. The Kier molecular flexibility index (Phi) is 11.0. The van der Waals surface area contributed by atoms with Crippen LogP contribution in [-0.4, -0.2) is 40.3 Å². The number of hydrogen-bond donors (Lipinski definition) is 3. The highest BCUT2D eigenvalue weighted by Gasteiger charge is 2.15. The minimum Gasteiger partial charge on any atom is -0.490 e. The van der Waals surface area contributed by atoms with E-state index >= 15 is 0 Å². The Balaban J connectivity index is 1.66. The third-order valence-corrected chi connectivity index (χ3v) is 6.88. The molecule has 1 heterocycles. The molecule has 1 atom stereocenters. The van der Waals surface area contributed by atoms with E-state index in [0.717, 1.165) is 60.8 Å². The molecule has 8 nitrogen and oxygen atoms in total. The normalized spacial score (nSPS) is 12.7. The molecule has 3 rings (SSSR count). The molecule has 0 aliphatic carbocycles. The van der Waals surface area contributed by atoms with Gasteiger partial charge in [0, 0.05) is 23.4 Å². The van der Waals surface area contributed by atoms with Crippen LogP contribution < -0.4 is 20.5 Å². The van der Waals surface area contributed by atoms with E-state index in [2.05, 4.69) is 26.1 Å². The van der Waals surface area contributed by atoms with Crippen molar-refractivity contribution < 1.29 is 19.6 Å². The molecule has 3 aromatic rings. The summed E-state index contributed by atoms with van der Waals surface area (Å²) < 4.78 is 12.3. The molecule has 0 spiro atoms. The van der Waals surface area contributed by atoms with Crippen molar-refractivity contribution in [2.24, 2.45) is 5.73 Å². The van der Waals surface area contributed by atoms with Crippen molar-refractivity contribution in [2.45, 2.75) is 65.6 Å². The van der Waals surface area contributed by atoms with E-state index < -0.39 is 6.29 Å². The van der Waals surface area contributed by atoms with Gasteiger partial charge >= 0.3 is 5.84 Å². The molecular formula is C28H38N4O4S. The first-order chi connectivity index (χ1) is 17.9. The molecule has 0 saturated heterocycles. The van der Waals surface area contributed by atoms with Crippen LogP contribution in [0.1, 0.15) is 61.4 Å². The molecule has 2 aromatic carbocycles. The zero-order chi connectivity index (χ0) is 26.6. The fourth-order valence-corrected chi connectivity index (χ4v) is 4.77. The number of rotatable bonds is 15. The molecule has 0 radical (unpaired) electrons. The van der Waals surface area contributed by atoms with E-state index in [0.29, 0.717) is 11.3 Å². The van der Waals surface area contributed by atoms with Crippen molar-refractivity contribution in [3.05, 3.63) is 69.2 Å². The van der Waals surface area contributed by atoms with E-state index in [-0.39, 0.29) is 10.7 Å². The molecule has 0 fully saturated rings. The van der Waals surface area contributed by atoms with Crippen LogP contribution in [0.5, 0.6) is 11.5 Å². The van der Waals surface area contributed by atoms with E-state index in [1.54, 1.807) is 35.6 Å². The van der Waals surface area contributed by atoms with Gasteiger partial charge < -0.3 is 25.2 Å². The predicted molar refractivity (Wildman–Crippen MR) is 148 cm³/mol. The first-order valence-corrected chi connectivity index (χ1v) is 13.7. The lowest BCUT2D eigenvalue weighted by Crippen LogP contribution is -2.25. The van der Waals surface area contributed by atoms with E-state index in [1.165, 1.54) is 17.7 Å². The summed E-state index contributed by atoms with van der Waals surface area (Å²) in [7, 11) is 0. The zero-order valence-corrected chi connectivity index (χ0v) is 22.7. The van der Waals surface area contributed by atoms with Gasteiger partial charge in [0.15, 0.2) is 0 Å². The molecule has 0 saturated carbocycles. The van der Waals surface area contributed by atoms with Gasteiger partial charge in [-0.2, -0.15) is 0 Å². The van der Waals surface area contributed by atoms with E-state index in [4.69, 9.17) is 25.4 Å². The average molecular weight is 527 g/mol. The number of aromatic nitrogens is 1. The monoisotopic (exact) mass is 526 g/mol. The first kappa shape index (κ1) is 28.3. The van der Waals surface area contributed by atoms with Crippen LogP contribution in [0.15, 0.2) is 48.5 Å². The number of unbranched alkanes of at least 4 members (excludes halogenated alkanes) is 2. The van der Waals surface area contributed by atoms with Crippen molar-refractivity contribution >= 4 is 17.2 Å². The van der Waals surface area contributed by atoms with Gasteiger partial charge in [-0.3, -0.25) is 5.73 Å². The number of benzene rings is 2. The molecule has 0 amide bonds. The maximum Gasteiger partial charge on any atom is 0.319 e. The Labute approximate surface area is 223 Å². The molecule has 1 unspecified atom stereocenters. The SMILES string of the molecule is CCCCNCCc1sc(C)nc1-c1ccc(OC(CCCC)Oc2ccc(C(N)=[N+]([O-])O)cc2)cc1. The van der Waals surface area contributed by atoms with Crippen LogP contribution in [0.3, 0.4) is 0 Å². The van der Waals surface area contributed by atoms with Crippen LogP contribution in [0.4, 0.5) is 0 Å². The largest absolute Gasteiger partial charge is 0.490 e. The Bertz CT molecular complexity index is 1130. The predicted octanol–water partition coefficient (Wildman–Crippen LogP) is 5.63. The molecule has 37 heavy (non-hydrogen) atoms. The van der Waals surface area contributed by atoms with Gasteiger partial charge in [0.1, 0.15) is 11.5 Å². The summed E-state index contributed by atoms with van der Waals surface area (Å²) >= 11 is 1.76. The van der Waals surface area contributed by atoms with Gasteiger partial charge in [-0.05, 0) is 86.2 Å². The van der Waals surface area contributed by atoms with Crippen LogP contribution in [0.25, 0.3) is 11.3 Å². The second-order valence-corrected chi connectivity index (χ2v) is 10.2. The van der Waals surface area contributed by atoms with Gasteiger partial charge in [-0.1, -0.05) is 26.7 Å². The van der Waals surface area contributed by atoms with E-state index in [1.807, 2.05) is 24.3 Å². The standard InChI is InChI=1S/C28H38N4O4S/c1-4-6-8-26(36-24-15-11-22(12-16-24)28(29)32(33)34)35-23-13-9-21(10-14-23)27-25(37-20(3)31-27)17-19-30-18-7-5-2/h9-16,26,30H,4-8,17-19,29H2,1-3H3,(H,33,34). The zero-order valence-electron chi connectivity index (χ0n) is 21.9. The number of ether oxygens (including phenoxy) is 2. The summed E-state index contributed by atoms with van der Waals surface area (Å²) in [6.07, 6.45) is 5.57. The summed E-state index contributed by atoms with van der Waals surface area (Å²) in [5, 5.41) is 24.6. The van der Waals surface area contributed by atoms with Gasteiger partial charge in [0.05, 0.1) is 16.3 Å². The Hall–Kier alpha value is -3.30. The molecule has 4 N–H and O–H groups in total. The summed E-state index contributed by atoms with van der Waals surface area (Å²) in [6, 6.07) is 14.6. The first-order valence-electron chi connectivity index (χ1n) is 12.9. The van der Waals surface area contributed by atoms with Crippen molar-refractivity contribution in [1.29, 1.82) is 0 Å². The minimum atomic E-state index is -0.474. The molecular weight excluding hydrogens is 488 g/mol. The quantitative estimate of drug-likeness (QED) is 0.0447. The number of nitrogens with one attached hydrogen (secondary N) is 1. The van der Waals surface area contributed by atoms with Crippen LogP contribution >= 0.6 is 11.3 Å². The van der Waals surface area contributed by atoms with Crippen molar-refractivity contribution in [3.63, 3.8) is 0 Å². The smallest absolute Gasteiger partial charge is 0.319 e. The number of aryl methyl sites for hydroxylation is 1. The number of hydrogen-bond acceptors (Lipinski definition) is 7. The third kappa shape index (κ3) is 8.65. The van der Waals surface area contributed by atoms with Crippen molar-refractivity contribution in [2.75, 3.05) is 13.1 Å². The van der Waals surface area contributed by atoms with Crippen LogP contribution in [0, 0.1) is 12.1 Å². The van der Waals surface area contributed by atoms with Gasteiger partial charge in [0.25, 0.3) is 0 Å². The average Bonchev–Trinajstić information content (AvgIpc) is 3.27. The lowest BCUT2D eigenvalue weighted by atomic mass is 10.1. The second-order valence-electron chi connectivity index (χ2n) is 8.87. The Morgan fingerprint density at radius 1 is 1.03 bits per heavy atom. The minimum absolute atomic E-state index is 0.281. The number of amidine groups is 1. The molecule has 1 aromatic heterocycles. The number of thiazole rings is 1. The fourth-order valence-electron chi connectivity index (χ4n) is 3.82. The van der Waals surface area contributed by atoms with Crippen molar-refractivity contribution in [1.82, 2.24) is 10.3 Å². The number of nitrogens with two attached hydrogens (primary N) is 1. The maximum atomic E-state index is 11.0. The summed E-state index contributed by atoms with van der Waals surface area (Å²) in [5.41, 5.74) is 8.09. The topological polar surface area (TPSA) is 116 Å². The highest BCUT2D eigenvalue weighted by Crippen LogP contribution is 2.30. The Morgan fingerprint density at radius 2 is 1.65 bits per heavy atom. The lowest BCUT2D eigenvalue weighted by Gasteiger charge is -2.21.